The van der Waals surface area contributed by atoms with E-state index in [1.165, 1.54) is 56.9 Å². The minimum atomic E-state index is -0.698. The van der Waals surface area contributed by atoms with Crippen molar-refractivity contribution in [1.29, 1.82) is 0 Å². The summed E-state index contributed by atoms with van der Waals surface area (Å²) in [6.07, 6.45) is 12.6. The predicted octanol–water partition coefficient (Wildman–Crippen LogP) is 8.51. The van der Waals surface area contributed by atoms with E-state index in [4.69, 9.17) is 0 Å². The predicted molar refractivity (Wildman–Crippen MR) is 119 cm³/mol. The molecule has 0 radical (unpaired) electrons. The van der Waals surface area contributed by atoms with E-state index in [0.717, 1.165) is 24.3 Å². The van der Waals surface area contributed by atoms with Crippen molar-refractivity contribution < 1.29 is 8.78 Å². The highest BCUT2D eigenvalue weighted by Gasteiger charge is 2.21. The number of halogens is 2. The van der Waals surface area contributed by atoms with Gasteiger partial charge in [0.2, 0.25) is 0 Å². The van der Waals surface area contributed by atoms with Crippen molar-refractivity contribution in [3.8, 4) is 11.1 Å². The molecular formula is C27H36F2. The van der Waals surface area contributed by atoms with E-state index in [2.05, 4.69) is 13.8 Å². The van der Waals surface area contributed by atoms with Crippen LogP contribution in [0.1, 0.15) is 82.8 Å². The Hall–Kier alpha value is -1.70. The third kappa shape index (κ3) is 5.90. The molecule has 3 rings (SSSR count). The van der Waals surface area contributed by atoms with Crippen LogP contribution >= 0.6 is 0 Å². The number of unbranched alkanes of at least 4 members (excludes halogenated alkanes) is 2. The molecule has 0 saturated heterocycles. The molecule has 1 aliphatic carbocycles. The van der Waals surface area contributed by atoms with Crippen LogP contribution in [-0.4, -0.2) is 0 Å². The first-order valence-electron chi connectivity index (χ1n) is 11.7. The lowest BCUT2D eigenvalue weighted by Gasteiger charge is -2.27. The third-order valence-corrected chi connectivity index (χ3v) is 6.86. The van der Waals surface area contributed by atoms with Crippen LogP contribution in [0.25, 0.3) is 11.1 Å². The average Bonchev–Trinajstić information content (AvgIpc) is 2.76. The minimum Gasteiger partial charge on any atom is -0.203 e. The smallest absolute Gasteiger partial charge is 0.166 e. The Morgan fingerprint density at radius 2 is 1.45 bits per heavy atom. The monoisotopic (exact) mass is 398 g/mol. The van der Waals surface area contributed by atoms with Crippen molar-refractivity contribution in [3.05, 3.63) is 59.2 Å². The van der Waals surface area contributed by atoms with E-state index in [1.54, 1.807) is 12.1 Å². The van der Waals surface area contributed by atoms with Crippen molar-refractivity contribution in [2.45, 2.75) is 84.5 Å². The van der Waals surface area contributed by atoms with E-state index < -0.39 is 11.6 Å². The van der Waals surface area contributed by atoms with Gasteiger partial charge in [0.05, 0.1) is 0 Å². The third-order valence-electron chi connectivity index (χ3n) is 6.86. The van der Waals surface area contributed by atoms with Gasteiger partial charge in [-0.05, 0) is 54.2 Å². The first kappa shape index (κ1) is 22.0. The highest BCUT2D eigenvalue weighted by Crippen LogP contribution is 2.34. The Labute approximate surface area is 175 Å². The molecule has 0 amide bonds. The zero-order chi connectivity index (χ0) is 20.6. The Morgan fingerprint density at radius 3 is 2.10 bits per heavy atom. The second kappa shape index (κ2) is 10.9. The fourth-order valence-corrected chi connectivity index (χ4v) is 4.72. The van der Waals surface area contributed by atoms with Gasteiger partial charge in [-0.25, -0.2) is 8.78 Å². The van der Waals surface area contributed by atoms with Gasteiger partial charge >= 0.3 is 0 Å². The SMILES string of the molecule is CCCCCc1ccc(-c2ccc(CCC3CCC(CC)CC3)c(F)c2F)cc1. The molecule has 1 saturated carbocycles. The molecule has 0 heterocycles. The lowest BCUT2D eigenvalue weighted by molar-refractivity contribution is 0.258. The second-order valence-corrected chi connectivity index (χ2v) is 8.89. The summed E-state index contributed by atoms with van der Waals surface area (Å²) in [6, 6.07) is 11.5. The highest BCUT2D eigenvalue weighted by molar-refractivity contribution is 5.65. The number of hydrogen-bond acceptors (Lipinski definition) is 0. The number of aryl methyl sites for hydroxylation is 2. The minimum absolute atomic E-state index is 0.370. The maximum atomic E-state index is 14.8. The molecule has 0 N–H and O–H groups in total. The summed E-state index contributed by atoms with van der Waals surface area (Å²) in [5.74, 6) is 0.186. The molecule has 2 aromatic carbocycles. The molecule has 0 atom stereocenters. The molecule has 158 valence electrons. The molecular weight excluding hydrogens is 362 g/mol. The zero-order valence-electron chi connectivity index (χ0n) is 18.2. The van der Waals surface area contributed by atoms with E-state index in [1.807, 2.05) is 24.3 Å². The van der Waals surface area contributed by atoms with Crippen molar-refractivity contribution in [2.24, 2.45) is 11.8 Å². The van der Waals surface area contributed by atoms with Gasteiger partial charge in [-0.3, -0.25) is 0 Å². The molecule has 1 fully saturated rings. The van der Waals surface area contributed by atoms with Crippen LogP contribution in [0.5, 0.6) is 0 Å². The number of hydrogen-bond donors (Lipinski definition) is 0. The van der Waals surface area contributed by atoms with Crippen molar-refractivity contribution in [3.63, 3.8) is 0 Å². The lowest BCUT2D eigenvalue weighted by Crippen LogP contribution is -2.14. The van der Waals surface area contributed by atoms with Crippen LogP contribution in [0, 0.1) is 23.5 Å². The maximum Gasteiger partial charge on any atom is 0.166 e. The van der Waals surface area contributed by atoms with Gasteiger partial charge in [-0.2, -0.15) is 0 Å². The van der Waals surface area contributed by atoms with E-state index in [-0.39, 0.29) is 0 Å². The van der Waals surface area contributed by atoms with Crippen LogP contribution in [0.2, 0.25) is 0 Å². The van der Waals surface area contributed by atoms with Crippen molar-refractivity contribution in [2.75, 3.05) is 0 Å². The fraction of sp³-hybridized carbons (Fsp3) is 0.556. The van der Waals surface area contributed by atoms with Crippen molar-refractivity contribution >= 4 is 0 Å². The van der Waals surface area contributed by atoms with Gasteiger partial charge in [0.15, 0.2) is 11.6 Å². The average molecular weight is 399 g/mol. The fourth-order valence-electron chi connectivity index (χ4n) is 4.72. The van der Waals surface area contributed by atoms with Gasteiger partial charge < -0.3 is 0 Å². The molecule has 29 heavy (non-hydrogen) atoms. The lowest BCUT2D eigenvalue weighted by atomic mass is 9.78. The Bertz CT molecular complexity index is 755. The van der Waals surface area contributed by atoms with Crippen LogP contribution in [-0.2, 0) is 12.8 Å². The number of benzene rings is 2. The molecule has 0 spiro atoms. The summed E-state index contributed by atoms with van der Waals surface area (Å²) in [6.45, 7) is 4.46. The molecule has 0 bridgehead atoms. The van der Waals surface area contributed by atoms with Crippen LogP contribution in [0.15, 0.2) is 36.4 Å². The highest BCUT2D eigenvalue weighted by atomic mass is 19.2. The van der Waals surface area contributed by atoms with Gasteiger partial charge in [0.25, 0.3) is 0 Å². The standard InChI is InChI=1S/C27H36F2/c1-3-5-6-7-21-12-15-23(16-13-21)25-19-18-24(26(28)27(25)29)17-14-22-10-8-20(4-2)9-11-22/h12-13,15-16,18-20,22H,3-11,14,17H2,1-2H3. The summed E-state index contributed by atoms with van der Waals surface area (Å²) in [4.78, 5) is 0. The Morgan fingerprint density at radius 1 is 0.759 bits per heavy atom. The van der Waals surface area contributed by atoms with Gasteiger partial charge in [-0.15, -0.1) is 0 Å². The van der Waals surface area contributed by atoms with E-state index in [0.29, 0.717) is 23.5 Å². The first-order chi connectivity index (χ1) is 14.1. The normalized spacial score (nSPS) is 19.4. The van der Waals surface area contributed by atoms with Crippen LogP contribution in [0.4, 0.5) is 8.78 Å². The van der Waals surface area contributed by atoms with E-state index >= 15 is 0 Å². The Kier molecular flexibility index (Phi) is 8.27. The zero-order valence-corrected chi connectivity index (χ0v) is 18.2. The molecule has 1 aliphatic rings. The molecule has 0 nitrogen and oxygen atoms in total. The Balaban J connectivity index is 1.61. The van der Waals surface area contributed by atoms with Gasteiger partial charge in [-0.1, -0.05) is 95.2 Å². The summed E-state index contributed by atoms with van der Waals surface area (Å²) in [7, 11) is 0. The quantitative estimate of drug-likeness (QED) is 0.371. The summed E-state index contributed by atoms with van der Waals surface area (Å²) >= 11 is 0. The number of rotatable bonds is 9. The van der Waals surface area contributed by atoms with Crippen LogP contribution in [0.3, 0.4) is 0 Å². The summed E-state index contributed by atoms with van der Waals surface area (Å²) in [5.41, 5.74) is 2.91. The largest absolute Gasteiger partial charge is 0.203 e. The summed E-state index contributed by atoms with van der Waals surface area (Å²) < 4.78 is 29.5. The maximum absolute atomic E-state index is 14.8. The molecule has 2 aromatic rings. The van der Waals surface area contributed by atoms with Gasteiger partial charge in [0.1, 0.15) is 0 Å². The molecule has 0 aliphatic heterocycles. The van der Waals surface area contributed by atoms with Gasteiger partial charge in [0, 0.05) is 5.56 Å². The summed E-state index contributed by atoms with van der Waals surface area (Å²) in [5, 5.41) is 0. The van der Waals surface area contributed by atoms with E-state index in [9.17, 15) is 8.78 Å². The molecule has 2 heteroatoms. The second-order valence-electron chi connectivity index (χ2n) is 8.89. The van der Waals surface area contributed by atoms with Crippen LogP contribution < -0.4 is 0 Å². The topological polar surface area (TPSA) is 0 Å². The molecule has 0 aromatic heterocycles. The van der Waals surface area contributed by atoms with Crippen molar-refractivity contribution in [1.82, 2.24) is 0 Å². The molecule has 0 unspecified atom stereocenters. The first-order valence-corrected chi connectivity index (χ1v) is 11.7.